The lowest BCUT2D eigenvalue weighted by Gasteiger charge is -2.05. The molecule has 0 unspecified atom stereocenters. The average molecular weight is 374 g/mol. The first-order chi connectivity index (χ1) is 12.6. The van der Waals surface area contributed by atoms with Crippen LogP contribution in [-0.4, -0.2) is 16.9 Å². The number of anilines is 2. The van der Waals surface area contributed by atoms with E-state index in [1.54, 1.807) is 17.5 Å². The first kappa shape index (κ1) is 17.6. The Kier molecular flexibility index (Phi) is 5.59. The van der Waals surface area contributed by atoms with Crippen LogP contribution in [0.25, 0.3) is 0 Å². The molecule has 0 atom stereocenters. The first-order valence-corrected chi connectivity index (χ1v) is 8.53. The number of urea groups is 1. The molecule has 0 radical (unpaired) electrons. The summed E-state index contributed by atoms with van der Waals surface area (Å²) >= 11 is 1.21. The van der Waals surface area contributed by atoms with E-state index < -0.39 is 6.03 Å². The Hall–Kier alpha value is -3.20. The number of nitrogens with one attached hydrogen (secondary N) is 3. The summed E-state index contributed by atoms with van der Waals surface area (Å²) in [5, 5.41) is 9.91. The monoisotopic (exact) mass is 374 g/mol. The molecule has 3 aromatic rings. The number of benzene rings is 1. The number of amides is 3. The largest absolute Gasteiger partial charge is 0.467 e. The number of furan rings is 1. The summed E-state index contributed by atoms with van der Waals surface area (Å²) in [6.07, 6.45) is 1.63. The second-order valence-electron chi connectivity index (χ2n) is 5.26. The van der Waals surface area contributed by atoms with Crippen molar-refractivity contribution in [2.75, 3.05) is 10.6 Å². The van der Waals surface area contributed by atoms with Gasteiger partial charge in [-0.2, -0.15) is 0 Å². The Labute approximate surface area is 152 Å². The number of thiazole rings is 1. The lowest BCUT2D eigenvalue weighted by Crippen LogP contribution is -2.24. The smallest absolute Gasteiger partial charge is 0.325 e. The molecule has 26 heavy (non-hydrogen) atoms. The van der Waals surface area contributed by atoms with Crippen LogP contribution in [0.1, 0.15) is 11.5 Å². The van der Waals surface area contributed by atoms with Crippen LogP contribution in [0.3, 0.4) is 0 Å². The third-order valence-electron chi connectivity index (χ3n) is 3.26. The van der Waals surface area contributed by atoms with Crippen LogP contribution in [0.4, 0.5) is 20.0 Å². The van der Waals surface area contributed by atoms with Gasteiger partial charge in [-0.1, -0.05) is 0 Å². The molecule has 0 aliphatic rings. The lowest BCUT2D eigenvalue weighted by atomic mass is 10.3. The number of hydrogen-bond acceptors (Lipinski definition) is 5. The maximum atomic E-state index is 12.8. The highest BCUT2D eigenvalue weighted by Crippen LogP contribution is 2.16. The number of rotatable bonds is 6. The molecular formula is C17H15FN4O3S. The van der Waals surface area contributed by atoms with E-state index in [4.69, 9.17) is 4.42 Å². The van der Waals surface area contributed by atoms with Crippen molar-refractivity contribution in [1.29, 1.82) is 0 Å². The van der Waals surface area contributed by atoms with Crippen molar-refractivity contribution in [2.24, 2.45) is 0 Å². The van der Waals surface area contributed by atoms with Crippen molar-refractivity contribution in [3.8, 4) is 0 Å². The van der Waals surface area contributed by atoms with E-state index in [1.807, 2.05) is 0 Å². The van der Waals surface area contributed by atoms with Crippen molar-refractivity contribution in [2.45, 2.75) is 13.0 Å². The molecule has 1 aromatic carbocycles. The van der Waals surface area contributed by atoms with Gasteiger partial charge in [-0.25, -0.2) is 14.2 Å². The fourth-order valence-corrected chi connectivity index (χ4v) is 2.77. The average Bonchev–Trinajstić information content (AvgIpc) is 3.27. The predicted molar refractivity (Wildman–Crippen MR) is 95.4 cm³/mol. The highest BCUT2D eigenvalue weighted by Gasteiger charge is 2.10. The summed E-state index contributed by atoms with van der Waals surface area (Å²) in [4.78, 5) is 28.0. The van der Waals surface area contributed by atoms with Crippen LogP contribution in [0, 0.1) is 5.82 Å². The molecule has 0 fully saturated rings. The summed E-state index contributed by atoms with van der Waals surface area (Å²) in [7, 11) is 0. The van der Waals surface area contributed by atoms with Gasteiger partial charge in [0.2, 0.25) is 5.91 Å². The standard InChI is InChI=1S/C17H15FN4O3S/c18-11-3-5-12(6-4-11)20-16(24)22-17-21-13(10-26-17)8-15(23)19-9-14-2-1-7-25-14/h1-7,10H,8-9H2,(H,19,23)(H2,20,21,22,24). The van der Waals surface area contributed by atoms with E-state index >= 15 is 0 Å². The zero-order valence-electron chi connectivity index (χ0n) is 13.5. The molecule has 2 aromatic heterocycles. The van der Waals surface area contributed by atoms with E-state index in [0.717, 1.165) is 0 Å². The Morgan fingerprint density at radius 3 is 2.69 bits per heavy atom. The molecule has 0 spiro atoms. The minimum absolute atomic E-state index is 0.0957. The van der Waals surface area contributed by atoms with Gasteiger partial charge in [0.05, 0.1) is 24.9 Å². The normalized spacial score (nSPS) is 10.3. The zero-order chi connectivity index (χ0) is 18.4. The molecule has 0 saturated heterocycles. The van der Waals surface area contributed by atoms with Crippen molar-refractivity contribution < 1.29 is 18.4 Å². The van der Waals surface area contributed by atoms with Crippen molar-refractivity contribution in [3.63, 3.8) is 0 Å². The van der Waals surface area contributed by atoms with Crippen molar-refractivity contribution >= 4 is 34.1 Å². The second kappa shape index (κ2) is 8.26. The summed E-state index contributed by atoms with van der Waals surface area (Å²) in [6.45, 7) is 0.307. The van der Waals surface area contributed by atoms with Crippen molar-refractivity contribution in [1.82, 2.24) is 10.3 Å². The van der Waals surface area contributed by atoms with Crippen LogP contribution in [-0.2, 0) is 17.8 Å². The maximum absolute atomic E-state index is 12.8. The topological polar surface area (TPSA) is 96.3 Å². The van der Waals surface area contributed by atoms with E-state index in [1.165, 1.54) is 41.9 Å². The Morgan fingerprint density at radius 1 is 1.15 bits per heavy atom. The van der Waals surface area contributed by atoms with E-state index in [0.29, 0.717) is 28.8 Å². The maximum Gasteiger partial charge on any atom is 0.325 e. The van der Waals surface area contributed by atoms with Gasteiger partial charge in [-0.05, 0) is 36.4 Å². The fraction of sp³-hybridized carbons (Fsp3) is 0.118. The molecule has 0 bridgehead atoms. The van der Waals surface area contributed by atoms with E-state index in [-0.39, 0.29) is 18.1 Å². The number of halogens is 1. The number of aromatic nitrogens is 1. The van der Waals surface area contributed by atoms with Gasteiger partial charge in [-0.15, -0.1) is 11.3 Å². The number of carbonyl (C=O) groups excluding carboxylic acids is 2. The van der Waals surface area contributed by atoms with Crippen LogP contribution in [0.2, 0.25) is 0 Å². The molecule has 0 aliphatic heterocycles. The Bertz CT molecular complexity index is 878. The van der Waals surface area contributed by atoms with Crippen molar-refractivity contribution in [3.05, 3.63) is 65.3 Å². The number of carbonyl (C=O) groups is 2. The molecule has 0 aliphatic carbocycles. The van der Waals surface area contributed by atoms with Gasteiger partial charge in [-0.3, -0.25) is 10.1 Å². The molecule has 3 amide bonds. The highest BCUT2D eigenvalue weighted by molar-refractivity contribution is 7.14. The van der Waals surface area contributed by atoms with Crippen LogP contribution < -0.4 is 16.0 Å². The SMILES string of the molecule is O=C(Cc1csc(NC(=O)Nc2ccc(F)cc2)n1)NCc1ccco1. The highest BCUT2D eigenvalue weighted by atomic mass is 32.1. The van der Waals surface area contributed by atoms with Gasteiger partial charge in [0.1, 0.15) is 11.6 Å². The summed E-state index contributed by atoms with van der Waals surface area (Å²) in [6, 6.07) is 8.41. The van der Waals surface area contributed by atoms with E-state index in [9.17, 15) is 14.0 Å². The third kappa shape index (κ3) is 5.15. The second-order valence-corrected chi connectivity index (χ2v) is 6.12. The van der Waals surface area contributed by atoms with Crippen LogP contribution in [0.15, 0.2) is 52.5 Å². The van der Waals surface area contributed by atoms with Gasteiger partial charge < -0.3 is 15.1 Å². The molecule has 0 saturated carbocycles. The lowest BCUT2D eigenvalue weighted by molar-refractivity contribution is -0.120. The van der Waals surface area contributed by atoms with E-state index in [2.05, 4.69) is 20.9 Å². The summed E-state index contributed by atoms with van der Waals surface area (Å²) in [5.41, 5.74) is 1.00. The van der Waals surface area contributed by atoms with Gasteiger partial charge in [0, 0.05) is 11.1 Å². The van der Waals surface area contributed by atoms with Crippen LogP contribution in [0.5, 0.6) is 0 Å². The van der Waals surface area contributed by atoms with Gasteiger partial charge in [0.15, 0.2) is 5.13 Å². The molecular weight excluding hydrogens is 359 g/mol. The first-order valence-electron chi connectivity index (χ1n) is 7.65. The zero-order valence-corrected chi connectivity index (χ0v) is 14.3. The molecule has 7 nitrogen and oxygen atoms in total. The number of hydrogen-bond donors (Lipinski definition) is 3. The minimum atomic E-state index is -0.500. The molecule has 9 heteroatoms. The predicted octanol–water partition coefficient (Wildman–Crippen LogP) is 3.38. The molecule has 3 rings (SSSR count). The third-order valence-corrected chi connectivity index (χ3v) is 4.06. The quantitative estimate of drug-likeness (QED) is 0.616. The van der Waals surface area contributed by atoms with Gasteiger partial charge >= 0.3 is 6.03 Å². The summed E-state index contributed by atoms with van der Waals surface area (Å²) in [5.74, 6) is 0.0799. The number of nitrogens with zero attached hydrogens (tertiary/aromatic N) is 1. The molecule has 2 heterocycles. The Balaban J connectivity index is 1.47. The molecule has 3 N–H and O–H groups in total. The molecule has 134 valence electrons. The summed E-state index contributed by atoms with van der Waals surface area (Å²) < 4.78 is 18.0. The Morgan fingerprint density at radius 2 is 1.96 bits per heavy atom. The fourth-order valence-electron chi connectivity index (χ4n) is 2.06. The van der Waals surface area contributed by atoms with Gasteiger partial charge in [0.25, 0.3) is 0 Å². The van der Waals surface area contributed by atoms with Crippen LogP contribution >= 0.6 is 11.3 Å². The minimum Gasteiger partial charge on any atom is -0.467 e.